The summed E-state index contributed by atoms with van der Waals surface area (Å²) in [5.41, 5.74) is -1.67. The van der Waals surface area contributed by atoms with Crippen LogP contribution in [0, 0.1) is 0 Å². The van der Waals surface area contributed by atoms with Crippen molar-refractivity contribution in [1.82, 2.24) is 0 Å². The highest BCUT2D eigenvalue weighted by Crippen LogP contribution is 2.30. The van der Waals surface area contributed by atoms with Gasteiger partial charge in [-0.3, -0.25) is 4.79 Å². The average Bonchev–Trinajstić information content (AvgIpc) is 2.46. The zero-order chi connectivity index (χ0) is 17.2. The standard InChI is InChI=1S/C15H9ClF3NO3/c16-10-5-2-6-11(12(10)14(22)23)20-13(21)8-3-1-4-9(7-8)15(17,18)19/h1-7H,(H,20,21)(H,22,23). The largest absolute Gasteiger partial charge is 0.478 e. The number of halogens is 4. The van der Waals surface area contributed by atoms with Gasteiger partial charge in [0.05, 0.1) is 16.3 Å². The van der Waals surface area contributed by atoms with Crippen LogP contribution in [0.3, 0.4) is 0 Å². The molecule has 0 spiro atoms. The molecule has 0 atom stereocenters. The van der Waals surface area contributed by atoms with Crippen molar-refractivity contribution < 1.29 is 27.9 Å². The summed E-state index contributed by atoms with van der Waals surface area (Å²) in [6.07, 6.45) is -4.58. The molecule has 1 amide bonds. The molecule has 0 aliphatic heterocycles. The minimum absolute atomic E-state index is 0.0978. The van der Waals surface area contributed by atoms with Gasteiger partial charge in [-0.2, -0.15) is 13.2 Å². The Balaban J connectivity index is 2.34. The highest BCUT2D eigenvalue weighted by Gasteiger charge is 2.31. The van der Waals surface area contributed by atoms with Crippen LogP contribution >= 0.6 is 11.6 Å². The Kier molecular flexibility index (Phi) is 4.60. The first-order chi connectivity index (χ1) is 10.7. The van der Waals surface area contributed by atoms with E-state index >= 15 is 0 Å². The van der Waals surface area contributed by atoms with Crippen molar-refractivity contribution in [2.24, 2.45) is 0 Å². The van der Waals surface area contributed by atoms with Crippen LogP contribution in [0.2, 0.25) is 5.02 Å². The lowest BCUT2D eigenvalue weighted by atomic mass is 10.1. The molecule has 0 aliphatic carbocycles. The molecule has 0 fully saturated rings. The van der Waals surface area contributed by atoms with E-state index in [1.807, 2.05) is 0 Å². The normalized spacial score (nSPS) is 11.1. The Bertz CT molecular complexity index is 775. The van der Waals surface area contributed by atoms with Crippen molar-refractivity contribution in [3.63, 3.8) is 0 Å². The lowest BCUT2D eigenvalue weighted by molar-refractivity contribution is -0.137. The van der Waals surface area contributed by atoms with Gasteiger partial charge in [0.2, 0.25) is 0 Å². The summed E-state index contributed by atoms with van der Waals surface area (Å²) in [6.45, 7) is 0. The molecule has 0 saturated heterocycles. The van der Waals surface area contributed by atoms with E-state index < -0.39 is 23.6 Å². The molecule has 0 heterocycles. The molecule has 0 aromatic heterocycles. The monoisotopic (exact) mass is 343 g/mol. The molecular formula is C15H9ClF3NO3. The fourth-order valence-electron chi connectivity index (χ4n) is 1.88. The number of anilines is 1. The number of aromatic carboxylic acids is 1. The minimum atomic E-state index is -4.58. The third-order valence-electron chi connectivity index (χ3n) is 2.93. The number of nitrogens with one attached hydrogen (secondary N) is 1. The van der Waals surface area contributed by atoms with Crippen LogP contribution in [0.5, 0.6) is 0 Å². The number of carboxylic acids is 1. The van der Waals surface area contributed by atoms with Gasteiger partial charge < -0.3 is 10.4 Å². The molecule has 0 saturated carbocycles. The fourth-order valence-corrected chi connectivity index (χ4v) is 2.13. The second-order valence-corrected chi connectivity index (χ2v) is 4.91. The van der Waals surface area contributed by atoms with E-state index in [1.165, 1.54) is 24.3 Å². The van der Waals surface area contributed by atoms with Crippen LogP contribution in [0.4, 0.5) is 18.9 Å². The number of carboxylic acid groups (broad SMARTS) is 1. The quantitative estimate of drug-likeness (QED) is 0.872. The van der Waals surface area contributed by atoms with Crippen molar-refractivity contribution in [1.29, 1.82) is 0 Å². The van der Waals surface area contributed by atoms with Crippen molar-refractivity contribution in [3.05, 3.63) is 64.2 Å². The summed E-state index contributed by atoms with van der Waals surface area (Å²) < 4.78 is 38.0. The van der Waals surface area contributed by atoms with Gasteiger partial charge in [-0.05, 0) is 30.3 Å². The van der Waals surface area contributed by atoms with Crippen LogP contribution in [-0.4, -0.2) is 17.0 Å². The Morgan fingerprint density at radius 1 is 1.09 bits per heavy atom. The summed E-state index contributed by atoms with van der Waals surface area (Å²) in [4.78, 5) is 23.2. The number of benzene rings is 2. The van der Waals surface area contributed by atoms with E-state index in [0.717, 1.165) is 12.1 Å². The van der Waals surface area contributed by atoms with Gasteiger partial charge in [-0.25, -0.2) is 4.79 Å². The molecule has 0 bridgehead atoms. The smallest absolute Gasteiger partial charge is 0.416 e. The first-order valence-corrected chi connectivity index (χ1v) is 6.58. The number of carbonyl (C=O) groups is 2. The summed E-state index contributed by atoms with van der Waals surface area (Å²) in [5.74, 6) is -2.24. The van der Waals surface area contributed by atoms with Gasteiger partial charge in [0.15, 0.2) is 0 Å². The predicted octanol–water partition coefficient (Wildman–Crippen LogP) is 4.31. The highest BCUT2D eigenvalue weighted by atomic mass is 35.5. The van der Waals surface area contributed by atoms with Crippen LogP contribution < -0.4 is 5.32 Å². The Labute approximate surface area is 133 Å². The molecule has 2 rings (SSSR count). The third-order valence-corrected chi connectivity index (χ3v) is 3.24. The predicted molar refractivity (Wildman–Crippen MR) is 77.8 cm³/mol. The summed E-state index contributed by atoms with van der Waals surface area (Å²) >= 11 is 5.76. The summed E-state index contributed by atoms with van der Waals surface area (Å²) in [6, 6.07) is 7.82. The maximum absolute atomic E-state index is 12.7. The molecular weight excluding hydrogens is 335 g/mol. The van der Waals surface area contributed by atoms with Crippen LogP contribution in [0.15, 0.2) is 42.5 Å². The van der Waals surface area contributed by atoms with Crippen molar-refractivity contribution in [2.75, 3.05) is 5.32 Å². The molecule has 0 unspecified atom stereocenters. The second-order valence-electron chi connectivity index (χ2n) is 4.50. The lowest BCUT2D eigenvalue weighted by Gasteiger charge is -2.11. The zero-order valence-corrected chi connectivity index (χ0v) is 12.1. The molecule has 8 heteroatoms. The summed E-state index contributed by atoms with van der Waals surface area (Å²) in [7, 11) is 0. The first kappa shape index (κ1) is 16.8. The molecule has 23 heavy (non-hydrogen) atoms. The number of hydrogen-bond donors (Lipinski definition) is 2. The molecule has 0 aliphatic rings. The van der Waals surface area contributed by atoms with E-state index in [1.54, 1.807) is 0 Å². The lowest BCUT2D eigenvalue weighted by Crippen LogP contribution is -2.16. The van der Waals surface area contributed by atoms with E-state index in [-0.39, 0.29) is 21.8 Å². The Morgan fingerprint density at radius 3 is 2.35 bits per heavy atom. The van der Waals surface area contributed by atoms with Gasteiger partial charge >= 0.3 is 12.1 Å². The Hall–Kier alpha value is -2.54. The van der Waals surface area contributed by atoms with Gasteiger partial charge in [0.1, 0.15) is 5.56 Å². The van der Waals surface area contributed by atoms with E-state index in [4.69, 9.17) is 16.7 Å². The maximum Gasteiger partial charge on any atom is 0.416 e. The van der Waals surface area contributed by atoms with Gasteiger partial charge in [-0.1, -0.05) is 23.7 Å². The van der Waals surface area contributed by atoms with E-state index in [0.29, 0.717) is 6.07 Å². The number of rotatable bonds is 3. The fraction of sp³-hybridized carbons (Fsp3) is 0.0667. The molecule has 2 N–H and O–H groups in total. The highest BCUT2D eigenvalue weighted by molar-refractivity contribution is 6.34. The summed E-state index contributed by atoms with van der Waals surface area (Å²) in [5, 5.41) is 11.3. The maximum atomic E-state index is 12.7. The Morgan fingerprint density at radius 2 is 1.74 bits per heavy atom. The number of hydrogen-bond acceptors (Lipinski definition) is 2. The van der Waals surface area contributed by atoms with Crippen molar-refractivity contribution in [2.45, 2.75) is 6.18 Å². The van der Waals surface area contributed by atoms with Crippen LogP contribution in [0.25, 0.3) is 0 Å². The van der Waals surface area contributed by atoms with Gasteiger partial charge in [0.25, 0.3) is 5.91 Å². The minimum Gasteiger partial charge on any atom is -0.478 e. The number of alkyl halides is 3. The third kappa shape index (κ3) is 3.81. The van der Waals surface area contributed by atoms with Crippen molar-refractivity contribution in [3.8, 4) is 0 Å². The molecule has 2 aromatic carbocycles. The van der Waals surface area contributed by atoms with Crippen LogP contribution in [0.1, 0.15) is 26.3 Å². The molecule has 2 aromatic rings. The zero-order valence-electron chi connectivity index (χ0n) is 11.3. The van der Waals surface area contributed by atoms with E-state index in [2.05, 4.69) is 5.32 Å². The van der Waals surface area contributed by atoms with Crippen LogP contribution in [-0.2, 0) is 6.18 Å². The first-order valence-electron chi connectivity index (χ1n) is 6.20. The molecule has 4 nitrogen and oxygen atoms in total. The SMILES string of the molecule is O=C(Nc1cccc(Cl)c1C(=O)O)c1cccc(C(F)(F)F)c1. The van der Waals surface area contributed by atoms with Gasteiger partial charge in [0, 0.05) is 5.56 Å². The topological polar surface area (TPSA) is 66.4 Å². The van der Waals surface area contributed by atoms with Gasteiger partial charge in [-0.15, -0.1) is 0 Å². The molecule has 0 radical (unpaired) electrons. The molecule has 120 valence electrons. The average molecular weight is 344 g/mol. The number of amides is 1. The van der Waals surface area contributed by atoms with E-state index in [9.17, 15) is 22.8 Å². The van der Waals surface area contributed by atoms with Crippen molar-refractivity contribution >= 4 is 29.2 Å². The number of carbonyl (C=O) groups excluding carboxylic acids is 1. The second kappa shape index (κ2) is 6.29.